The van der Waals surface area contributed by atoms with Crippen molar-refractivity contribution in [3.63, 3.8) is 0 Å². The first-order valence-corrected chi connectivity index (χ1v) is 5.80. The molecule has 0 amide bonds. The van der Waals surface area contributed by atoms with Crippen LogP contribution in [0.1, 0.15) is 30.5 Å². The lowest BCUT2D eigenvalue weighted by Crippen LogP contribution is -2.34. The van der Waals surface area contributed by atoms with Crippen molar-refractivity contribution in [2.45, 2.75) is 39.7 Å². The fourth-order valence-electron chi connectivity index (χ4n) is 2.07. The van der Waals surface area contributed by atoms with Gasteiger partial charge in [0.1, 0.15) is 11.5 Å². The SMILES string of the molecule is COc1cc(C)c(CC(C)(C)N)c(OC)c1C. The third kappa shape index (κ3) is 3.13. The molecule has 0 heterocycles. The molecule has 0 aromatic heterocycles. The van der Waals surface area contributed by atoms with Crippen LogP contribution in [0, 0.1) is 13.8 Å². The molecule has 2 N–H and O–H groups in total. The number of aryl methyl sites for hydroxylation is 1. The highest BCUT2D eigenvalue weighted by Gasteiger charge is 2.20. The average molecular weight is 237 g/mol. The normalized spacial score (nSPS) is 11.5. The van der Waals surface area contributed by atoms with E-state index in [1.807, 2.05) is 26.8 Å². The minimum atomic E-state index is -0.251. The second-order valence-corrected chi connectivity index (χ2v) is 5.20. The Morgan fingerprint density at radius 2 is 1.76 bits per heavy atom. The van der Waals surface area contributed by atoms with Gasteiger partial charge in [-0.3, -0.25) is 0 Å². The fraction of sp³-hybridized carbons (Fsp3) is 0.571. The van der Waals surface area contributed by atoms with E-state index in [4.69, 9.17) is 15.2 Å². The second-order valence-electron chi connectivity index (χ2n) is 5.20. The fourth-order valence-corrected chi connectivity index (χ4v) is 2.07. The molecule has 3 heteroatoms. The van der Waals surface area contributed by atoms with Gasteiger partial charge in [0, 0.05) is 11.1 Å². The Balaban J connectivity index is 3.34. The van der Waals surface area contributed by atoms with Crippen molar-refractivity contribution in [3.8, 4) is 11.5 Å². The molecule has 3 nitrogen and oxygen atoms in total. The summed E-state index contributed by atoms with van der Waals surface area (Å²) >= 11 is 0. The van der Waals surface area contributed by atoms with Crippen molar-refractivity contribution >= 4 is 0 Å². The Kier molecular flexibility index (Phi) is 4.04. The van der Waals surface area contributed by atoms with E-state index in [9.17, 15) is 0 Å². The van der Waals surface area contributed by atoms with Crippen LogP contribution in [0.15, 0.2) is 6.07 Å². The van der Waals surface area contributed by atoms with Crippen molar-refractivity contribution < 1.29 is 9.47 Å². The van der Waals surface area contributed by atoms with E-state index in [-0.39, 0.29) is 5.54 Å². The van der Waals surface area contributed by atoms with Crippen LogP contribution in [-0.4, -0.2) is 19.8 Å². The quantitative estimate of drug-likeness (QED) is 0.875. The molecule has 1 aromatic rings. The van der Waals surface area contributed by atoms with E-state index in [1.54, 1.807) is 14.2 Å². The lowest BCUT2D eigenvalue weighted by Gasteiger charge is -2.23. The molecule has 0 aliphatic rings. The van der Waals surface area contributed by atoms with E-state index in [1.165, 1.54) is 5.56 Å². The predicted molar refractivity (Wildman–Crippen MR) is 71.0 cm³/mol. The molecule has 0 spiro atoms. The molecular weight excluding hydrogens is 214 g/mol. The first-order valence-electron chi connectivity index (χ1n) is 5.80. The van der Waals surface area contributed by atoms with Crippen molar-refractivity contribution in [2.75, 3.05) is 14.2 Å². The number of hydrogen-bond acceptors (Lipinski definition) is 3. The molecule has 0 aliphatic carbocycles. The molecule has 0 aliphatic heterocycles. The summed E-state index contributed by atoms with van der Waals surface area (Å²) in [6.45, 7) is 8.10. The van der Waals surface area contributed by atoms with Crippen LogP contribution in [0.5, 0.6) is 11.5 Å². The van der Waals surface area contributed by atoms with Gasteiger partial charge in [-0.1, -0.05) is 0 Å². The monoisotopic (exact) mass is 237 g/mol. The van der Waals surface area contributed by atoms with Crippen molar-refractivity contribution in [3.05, 3.63) is 22.8 Å². The predicted octanol–water partition coefficient (Wildman–Crippen LogP) is 2.60. The highest BCUT2D eigenvalue weighted by molar-refractivity contribution is 5.53. The Labute approximate surface area is 104 Å². The summed E-state index contributed by atoms with van der Waals surface area (Å²) in [7, 11) is 3.36. The Morgan fingerprint density at radius 3 is 2.18 bits per heavy atom. The molecule has 1 rings (SSSR count). The number of hydrogen-bond donors (Lipinski definition) is 1. The number of methoxy groups -OCH3 is 2. The van der Waals surface area contributed by atoms with Crippen molar-refractivity contribution in [2.24, 2.45) is 5.73 Å². The van der Waals surface area contributed by atoms with Crippen LogP contribution in [0.4, 0.5) is 0 Å². The summed E-state index contributed by atoms with van der Waals surface area (Å²) in [5.41, 5.74) is 9.19. The summed E-state index contributed by atoms with van der Waals surface area (Å²) in [6.07, 6.45) is 0.785. The van der Waals surface area contributed by atoms with Gasteiger partial charge in [0.2, 0.25) is 0 Å². The van der Waals surface area contributed by atoms with Gasteiger partial charge in [-0.15, -0.1) is 0 Å². The van der Waals surface area contributed by atoms with Crippen LogP contribution >= 0.6 is 0 Å². The molecule has 0 fully saturated rings. The summed E-state index contributed by atoms with van der Waals surface area (Å²) in [6, 6.07) is 2.04. The van der Waals surface area contributed by atoms with Crippen LogP contribution in [0.25, 0.3) is 0 Å². The number of rotatable bonds is 4. The molecule has 0 saturated heterocycles. The van der Waals surface area contributed by atoms with E-state index in [2.05, 4.69) is 6.92 Å². The van der Waals surface area contributed by atoms with E-state index >= 15 is 0 Å². The van der Waals surface area contributed by atoms with Crippen LogP contribution in [0.3, 0.4) is 0 Å². The number of benzene rings is 1. The standard InChI is InChI=1S/C14H23NO2/c1-9-7-12(16-5)10(2)13(17-6)11(9)8-14(3,4)15/h7H,8,15H2,1-6H3. The maximum absolute atomic E-state index is 6.09. The summed E-state index contributed by atoms with van der Waals surface area (Å²) in [5, 5.41) is 0. The minimum absolute atomic E-state index is 0.251. The van der Waals surface area contributed by atoms with Gasteiger partial charge in [-0.05, 0) is 51.3 Å². The molecule has 0 radical (unpaired) electrons. The van der Waals surface area contributed by atoms with Crippen molar-refractivity contribution in [1.29, 1.82) is 0 Å². The average Bonchev–Trinajstić information content (AvgIpc) is 2.21. The van der Waals surface area contributed by atoms with Gasteiger partial charge in [-0.25, -0.2) is 0 Å². The zero-order chi connectivity index (χ0) is 13.2. The van der Waals surface area contributed by atoms with E-state index < -0.39 is 0 Å². The zero-order valence-electron chi connectivity index (χ0n) is 11.7. The molecule has 0 unspecified atom stereocenters. The second kappa shape index (κ2) is 4.96. The molecular formula is C14H23NO2. The molecule has 17 heavy (non-hydrogen) atoms. The lowest BCUT2D eigenvalue weighted by molar-refractivity contribution is 0.380. The summed E-state index contributed by atoms with van der Waals surface area (Å²) < 4.78 is 10.9. The molecule has 0 bridgehead atoms. The van der Waals surface area contributed by atoms with Crippen LogP contribution in [0.2, 0.25) is 0 Å². The van der Waals surface area contributed by atoms with Gasteiger partial charge in [-0.2, -0.15) is 0 Å². The van der Waals surface area contributed by atoms with Gasteiger partial charge >= 0.3 is 0 Å². The van der Waals surface area contributed by atoms with Crippen molar-refractivity contribution in [1.82, 2.24) is 0 Å². The van der Waals surface area contributed by atoms with Gasteiger partial charge < -0.3 is 15.2 Å². The molecule has 1 aromatic carbocycles. The van der Waals surface area contributed by atoms with Crippen LogP contribution < -0.4 is 15.2 Å². The first-order chi connectivity index (χ1) is 7.80. The maximum Gasteiger partial charge on any atom is 0.128 e. The highest BCUT2D eigenvalue weighted by atomic mass is 16.5. The Morgan fingerprint density at radius 1 is 1.18 bits per heavy atom. The number of nitrogens with two attached hydrogens (primary N) is 1. The lowest BCUT2D eigenvalue weighted by atomic mass is 9.91. The minimum Gasteiger partial charge on any atom is -0.496 e. The molecule has 0 atom stereocenters. The zero-order valence-corrected chi connectivity index (χ0v) is 11.7. The van der Waals surface area contributed by atoms with Gasteiger partial charge in [0.25, 0.3) is 0 Å². The molecule has 96 valence electrons. The number of ether oxygens (including phenoxy) is 2. The smallest absolute Gasteiger partial charge is 0.128 e. The maximum atomic E-state index is 6.09. The first kappa shape index (κ1) is 13.8. The van der Waals surface area contributed by atoms with E-state index in [0.29, 0.717) is 0 Å². The summed E-state index contributed by atoms with van der Waals surface area (Å²) in [4.78, 5) is 0. The Bertz CT molecular complexity index is 406. The largest absolute Gasteiger partial charge is 0.496 e. The van der Waals surface area contributed by atoms with Gasteiger partial charge in [0.15, 0.2) is 0 Å². The highest BCUT2D eigenvalue weighted by Crippen LogP contribution is 2.35. The Hall–Kier alpha value is -1.22. The third-order valence-corrected chi connectivity index (χ3v) is 2.86. The summed E-state index contributed by atoms with van der Waals surface area (Å²) in [5.74, 6) is 1.75. The van der Waals surface area contributed by atoms with Crippen LogP contribution in [-0.2, 0) is 6.42 Å². The topological polar surface area (TPSA) is 44.5 Å². The molecule has 0 saturated carbocycles. The third-order valence-electron chi connectivity index (χ3n) is 2.86. The van der Waals surface area contributed by atoms with E-state index in [0.717, 1.165) is 29.0 Å². The van der Waals surface area contributed by atoms with Gasteiger partial charge in [0.05, 0.1) is 14.2 Å².